The molecule has 0 saturated carbocycles. The number of anilines is 1. The fourth-order valence-electron chi connectivity index (χ4n) is 3.18. The van der Waals surface area contributed by atoms with Gasteiger partial charge in [-0.25, -0.2) is 4.39 Å². The number of halogens is 2. The van der Waals surface area contributed by atoms with Crippen LogP contribution in [-0.4, -0.2) is 25.5 Å². The number of aryl methyl sites for hydroxylation is 1. The number of amides is 1. The summed E-state index contributed by atoms with van der Waals surface area (Å²) in [5, 5.41) is 11.7. The summed E-state index contributed by atoms with van der Waals surface area (Å²) in [6.07, 6.45) is 3.05. The molecule has 0 spiro atoms. The summed E-state index contributed by atoms with van der Waals surface area (Å²) in [5.41, 5.74) is 0.999. The number of nitrogens with zero attached hydrogens (tertiary/aromatic N) is 4. The second kappa shape index (κ2) is 8.08. The SMILES string of the molecule is CCn1nc(C(=O)Nc2cnn(Cc3cccc(F)c3)c2)c(=O)c2cc(Cl)ccc21. The number of hydrogen-bond donors (Lipinski definition) is 1. The Morgan fingerprint density at radius 2 is 2.07 bits per heavy atom. The van der Waals surface area contributed by atoms with Crippen molar-refractivity contribution in [2.75, 3.05) is 5.32 Å². The Labute approximate surface area is 175 Å². The predicted octanol–water partition coefficient (Wildman–Crippen LogP) is 3.71. The Morgan fingerprint density at radius 1 is 1.23 bits per heavy atom. The summed E-state index contributed by atoms with van der Waals surface area (Å²) in [6, 6.07) is 11.1. The van der Waals surface area contributed by atoms with E-state index in [1.165, 1.54) is 24.4 Å². The summed E-state index contributed by atoms with van der Waals surface area (Å²) in [5.74, 6) is -0.975. The molecular formula is C21H17ClFN5O2. The van der Waals surface area contributed by atoms with E-state index in [1.807, 2.05) is 6.92 Å². The van der Waals surface area contributed by atoms with E-state index in [4.69, 9.17) is 11.6 Å². The molecule has 0 unspecified atom stereocenters. The maximum Gasteiger partial charge on any atom is 0.280 e. The van der Waals surface area contributed by atoms with E-state index in [2.05, 4.69) is 15.5 Å². The van der Waals surface area contributed by atoms with Crippen LogP contribution in [0.3, 0.4) is 0 Å². The molecule has 4 aromatic rings. The van der Waals surface area contributed by atoms with Crippen molar-refractivity contribution >= 4 is 34.1 Å². The van der Waals surface area contributed by atoms with Crippen LogP contribution in [0.4, 0.5) is 10.1 Å². The lowest BCUT2D eigenvalue weighted by Crippen LogP contribution is -2.27. The molecule has 0 radical (unpaired) electrons. The predicted molar refractivity (Wildman–Crippen MR) is 112 cm³/mol. The minimum Gasteiger partial charge on any atom is -0.318 e. The quantitative estimate of drug-likeness (QED) is 0.528. The first kappa shape index (κ1) is 19.8. The maximum atomic E-state index is 13.3. The molecule has 2 aromatic heterocycles. The fourth-order valence-corrected chi connectivity index (χ4v) is 3.35. The first-order valence-electron chi connectivity index (χ1n) is 9.23. The van der Waals surface area contributed by atoms with E-state index in [0.29, 0.717) is 34.7 Å². The second-order valence-electron chi connectivity index (χ2n) is 6.67. The number of carbonyl (C=O) groups excluding carboxylic acids is 1. The van der Waals surface area contributed by atoms with Crippen LogP contribution < -0.4 is 10.7 Å². The van der Waals surface area contributed by atoms with E-state index >= 15 is 0 Å². The van der Waals surface area contributed by atoms with Crippen molar-refractivity contribution in [1.82, 2.24) is 19.6 Å². The van der Waals surface area contributed by atoms with Gasteiger partial charge in [-0.3, -0.25) is 19.0 Å². The minimum absolute atomic E-state index is 0.232. The van der Waals surface area contributed by atoms with Crippen LogP contribution in [0.2, 0.25) is 5.02 Å². The van der Waals surface area contributed by atoms with Crippen molar-refractivity contribution in [3.8, 4) is 0 Å². The zero-order chi connectivity index (χ0) is 21.3. The van der Waals surface area contributed by atoms with Crippen LogP contribution >= 0.6 is 11.6 Å². The van der Waals surface area contributed by atoms with Gasteiger partial charge >= 0.3 is 0 Å². The molecule has 152 valence electrons. The Morgan fingerprint density at radius 3 is 2.83 bits per heavy atom. The third-order valence-electron chi connectivity index (χ3n) is 4.56. The summed E-state index contributed by atoms with van der Waals surface area (Å²) in [4.78, 5) is 25.5. The highest BCUT2D eigenvalue weighted by Gasteiger charge is 2.18. The molecule has 0 saturated heterocycles. The molecule has 30 heavy (non-hydrogen) atoms. The Bertz CT molecular complexity index is 1310. The lowest BCUT2D eigenvalue weighted by Gasteiger charge is -2.10. The molecule has 0 aliphatic carbocycles. The smallest absolute Gasteiger partial charge is 0.280 e. The Hall–Kier alpha value is -3.52. The van der Waals surface area contributed by atoms with Crippen LogP contribution in [0.1, 0.15) is 23.0 Å². The number of fused-ring (bicyclic) bond motifs is 1. The first-order chi connectivity index (χ1) is 14.4. The maximum absolute atomic E-state index is 13.3. The molecule has 0 atom stereocenters. The summed E-state index contributed by atoms with van der Waals surface area (Å²) >= 11 is 6.02. The van der Waals surface area contributed by atoms with Crippen LogP contribution in [0.15, 0.2) is 59.7 Å². The number of carbonyl (C=O) groups is 1. The average Bonchev–Trinajstić information content (AvgIpc) is 3.15. The average molecular weight is 426 g/mol. The van der Waals surface area contributed by atoms with E-state index in [9.17, 15) is 14.0 Å². The highest BCUT2D eigenvalue weighted by molar-refractivity contribution is 6.31. The van der Waals surface area contributed by atoms with Gasteiger partial charge in [0.25, 0.3) is 5.91 Å². The monoisotopic (exact) mass is 425 g/mol. The number of rotatable bonds is 5. The minimum atomic E-state index is -0.644. The Balaban J connectivity index is 1.60. The molecule has 0 aliphatic heterocycles. The molecule has 2 aromatic carbocycles. The Kier molecular flexibility index (Phi) is 5.33. The third kappa shape index (κ3) is 3.95. The molecule has 1 amide bonds. The van der Waals surface area contributed by atoms with Crippen LogP contribution in [0.25, 0.3) is 10.9 Å². The zero-order valence-electron chi connectivity index (χ0n) is 16.0. The van der Waals surface area contributed by atoms with Gasteiger partial charge in [0, 0.05) is 17.8 Å². The number of aromatic nitrogens is 4. The molecule has 0 aliphatic rings. The molecule has 7 nitrogen and oxygen atoms in total. The van der Waals surface area contributed by atoms with Crippen molar-refractivity contribution in [1.29, 1.82) is 0 Å². The number of hydrogen-bond acceptors (Lipinski definition) is 4. The molecule has 0 fully saturated rings. The van der Waals surface area contributed by atoms with Gasteiger partial charge in [0.15, 0.2) is 5.69 Å². The van der Waals surface area contributed by atoms with E-state index in [1.54, 1.807) is 39.8 Å². The van der Waals surface area contributed by atoms with E-state index in [0.717, 1.165) is 5.56 Å². The number of benzene rings is 2. The van der Waals surface area contributed by atoms with Gasteiger partial charge in [0.05, 0.1) is 29.3 Å². The van der Waals surface area contributed by atoms with Gasteiger partial charge in [-0.1, -0.05) is 23.7 Å². The van der Waals surface area contributed by atoms with E-state index < -0.39 is 11.3 Å². The first-order valence-corrected chi connectivity index (χ1v) is 9.61. The number of nitrogens with one attached hydrogen (secondary N) is 1. The van der Waals surface area contributed by atoms with Gasteiger partial charge in [-0.2, -0.15) is 10.2 Å². The summed E-state index contributed by atoms with van der Waals surface area (Å²) in [7, 11) is 0. The summed E-state index contributed by atoms with van der Waals surface area (Å²) in [6.45, 7) is 2.68. The largest absolute Gasteiger partial charge is 0.318 e. The fraction of sp³-hybridized carbons (Fsp3) is 0.143. The van der Waals surface area contributed by atoms with Crippen molar-refractivity contribution < 1.29 is 9.18 Å². The molecule has 1 N–H and O–H groups in total. The third-order valence-corrected chi connectivity index (χ3v) is 4.79. The van der Waals surface area contributed by atoms with Crippen LogP contribution in [0, 0.1) is 5.82 Å². The van der Waals surface area contributed by atoms with Crippen molar-refractivity contribution in [2.24, 2.45) is 0 Å². The lowest BCUT2D eigenvalue weighted by atomic mass is 10.2. The zero-order valence-corrected chi connectivity index (χ0v) is 16.7. The molecule has 9 heteroatoms. The van der Waals surface area contributed by atoms with Crippen LogP contribution in [-0.2, 0) is 13.1 Å². The van der Waals surface area contributed by atoms with Crippen molar-refractivity contribution in [3.05, 3.63) is 87.2 Å². The highest BCUT2D eigenvalue weighted by atomic mass is 35.5. The van der Waals surface area contributed by atoms with Gasteiger partial charge in [0.1, 0.15) is 5.82 Å². The van der Waals surface area contributed by atoms with E-state index in [-0.39, 0.29) is 11.5 Å². The molecule has 0 bridgehead atoms. The lowest BCUT2D eigenvalue weighted by molar-refractivity contribution is 0.101. The second-order valence-corrected chi connectivity index (χ2v) is 7.10. The molecule has 4 rings (SSSR count). The van der Waals surface area contributed by atoms with Gasteiger partial charge in [0.2, 0.25) is 5.43 Å². The van der Waals surface area contributed by atoms with Crippen LogP contribution in [0.5, 0.6) is 0 Å². The molecule has 2 heterocycles. The normalized spacial score (nSPS) is 11.0. The van der Waals surface area contributed by atoms with Gasteiger partial charge in [-0.15, -0.1) is 0 Å². The van der Waals surface area contributed by atoms with Crippen molar-refractivity contribution in [2.45, 2.75) is 20.0 Å². The van der Waals surface area contributed by atoms with Gasteiger partial charge < -0.3 is 5.32 Å². The van der Waals surface area contributed by atoms with Crippen molar-refractivity contribution in [3.63, 3.8) is 0 Å². The topological polar surface area (TPSA) is 81.8 Å². The highest BCUT2D eigenvalue weighted by Crippen LogP contribution is 2.17. The molecular weight excluding hydrogens is 409 g/mol. The summed E-state index contributed by atoms with van der Waals surface area (Å²) < 4.78 is 16.5. The standard InChI is InChI=1S/C21H17ClFN5O2/c1-2-28-18-7-6-14(22)9-17(18)20(29)19(26-28)21(30)25-16-10-24-27(12-16)11-13-4-3-5-15(23)8-13/h3-10,12H,2,11H2,1H3,(H,25,30). The van der Waals surface area contributed by atoms with Gasteiger partial charge in [-0.05, 0) is 42.8 Å².